The predicted octanol–water partition coefficient (Wildman–Crippen LogP) is 5.03. The van der Waals surface area contributed by atoms with Crippen molar-refractivity contribution < 1.29 is 59.8 Å². The molecule has 2 aromatic carbocycles. The molecule has 0 unspecified atom stereocenters. The number of aliphatic hydroxyl groups is 8. The van der Waals surface area contributed by atoms with Gasteiger partial charge in [0.1, 0.15) is 60.3 Å². The van der Waals surface area contributed by atoms with Crippen LogP contribution in [0.2, 0.25) is 0 Å². The molecule has 2 saturated heterocycles. The molecular weight excluding hydrogens is 873 g/mol. The number of aromatic amines is 2. The van der Waals surface area contributed by atoms with Gasteiger partial charge in [-0.25, -0.2) is 9.97 Å². The first kappa shape index (κ1) is 47.3. The third-order valence-corrected chi connectivity index (χ3v) is 13.0. The van der Waals surface area contributed by atoms with Crippen molar-refractivity contribution in [3.05, 3.63) is 107 Å². The zero-order valence-electron chi connectivity index (χ0n) is 37.8. The average Bonchev–Trinajstić information content (AvgIpc) is 4.21. The summed E-state index contributed by atoms with van der Waals surface area (Å²) in [4.78, 5) is 18.1. The van der Waals surface area contributed by atoms with Gasteiger partial charge in [-0.1, -0.05) is 51.0 Å². The van der Waals surface area contributed by atoms with Crippen molar-refractivity contribution in [2.75, 3.05) is 13.2 Å². The summed E-state index contributed by atoms with van der Waals surface area (Å²) >= 11 is 0. The van der Waals surface area contributed by atoms with E-state index in [1.54, 1.807) is 24.3 Å². The molecule has 16 heteroatoms. The highest BCUT2D eigenvalue weighted by Gasteiger charge is 2.46. The molecule has 4 aliphatic heterocycles. The number of unbranched alkanes of at least 4 members (excludes halogenated alkanes) is 2. The van der Waals surface area contributed by atoms with Crippen molar-refractivity contribution in [2.24, 2.45) is 0 Å². The van der Waals surface area contributed by atoms with Gasteiger partial charge in [-0.05, 0) is 110 Å². The average molecular weight is 931 g/mol. The molecule has 0 saturated carbocycles. The molecule has 358 valence electrons. The van der Waals surface area contributed by atoms with Crippen molar-refractivity contribution in [1.82, 2.24) is 19.9 Å². The van der Waals surface area contributed by atoms with E-state index in [-0.39, 0.29) is 0 Å². The van der Waals surface area contributed by atoms with E-state index in [1.807, 2.05) is 48.6 Å². The molecule has 9 rings (SSSR count). The van der Waals surface area contributed by atoms with Crippen LogP contribution < -0.4 is 9.47 Å². The lowest BCUT2D eigenvalue weighted by Gasteiger charge is -2.39. The summed E-state index contributed by atoms with van der Waals surface area (Å²) in [6, 6.07) is 22.5. The quantitative estimate of drug-likeness (QED) is 0.0687. The van der Waals surface area contributed by atoms with Crippen LogP contribution in [0.5, 0.6) is 11.5 Å². The van der Waals surface area contributed by atoms with Gasteiger partial charge in [-0.2, -0.15) is 0 Å². The van der Waals surface area contributed by atoms with Crippen LogP contribution >= 0.6 is 0 Å². The molecule has 10 atom stereocenters. The Balaban J connectivity index is 1.20. The summed E-state index contributed by atoms with van der Waals surface area (Å²) in [5.41, 5.74) is 11.9. The van der Waals surface area contributed by atoms with Crippen LogP contribution in [0.1, 0.15) is 73.4 Å². The number of benzene rings is 2. The van der Waals surface area contributed by atoms with Crippen LogP contribution in [0, 0.1) is 0 Å². The van der Waals surface area contributed by atoms with E-state index in [4.69, 9.17) is 28.9 Å². The van der Waals surface area contributed by atoms with Gasteiger partial charge in [0.15, 0.2) is 0 Å². The Morgan fingerprint density at radius 3 is 1.22 bits per heavy atom. The van der Waals surface area contributed by atoms with Crippen LogP contribution in [-0.4, -0.2) is 135 Å². The molecule has 7 heterocycles. The van der Waals surface area contributed by atoms with Gasteiger partial charge in [0, 0.05) is 44.3 Å². The summed E-state index contributed by atoms with van der Waals surface area (Å²) in [5.74, 6) is 0.631. The Bertz CT molecular complexity index is 2620. The van der Waals surface area contributed by atoms with E-state index in [0.29, 0.717) is 22.9 Å². The number of ether oxygens (including phenoxy) is 4. The van der Waals surface area contributed by atoms with Crippen molar-refractivity contribution in [3.8, 4) is 33.8 Å². The summed E-state index contributed by atoms with van der Waals surface area (Å²) in [5, 5.41) is 82.1. The number of aliphatic hydroxyl groups excluding tert-OH is 8. The fraction of sp³-hybridized carbons (Fsp3) is 0.385. The smallest absolute Gasteiger partial charge is 0.229 e. The Morgan fingerprint density at radius 1 is 0.471 bits per heavy atom. The van der Waals surface area contributed by atoms with Crippen LogP contribution in [0.3, 0.4) is 0 Å². The Labute approximate surface area is 392 Å². The maximum atomic E-state index is 10.7. The molecule has 8 bridgehead atoms. The minimum absolute atomic E-state index is 0.315. The van der Waals surface area contributed by atoms with Crippen LogP contribution in [-0.2, 0) is 22.3 Å². The monoisotopic (exact) mass is 930 g/mol. The second kappa shape index (κ2) is 20.5. The second-order valence-electron chi connectivity index (χ2n) is 17.6. The number of rotatable bonds is 14. The predicted molar refractivity (Wildman–Crippen MR) is 256 cm³/mol. The van der Waals surface area contributed by atoms with Crippen molar-refractivity contribution in [3.63, 3.8) is 0 Å². The van der Waals surface area contributed by atoms with Gasteiger partial charge in [-0.3, -0.25) is 0 Å². The van der Waals surface area contributed by atoms with Gasteiger partial charge < -0.3 is 69.8 Å². The van der Waals surface area contributed by atoms with E-state index in [9.17, 15) is 40.9 Å². The van der Waals surface area contributed by atoms with Crippen molar-refractivity contribution in [1.29, 1.82) is 0 Å². The maximum absolute atomic E-state index is 10.7. The van der Waals surface area contributed by atoms with E-state index in [1.165, 1.54) is 0 Å². The number of aryl methyl sites for hydroxylation is 2. The lowest BCUT2D eigenvalue weighted by molar-refractivity contribution is -0.277. The molecule has 0 spiro atoms. The zero-order valence-corrected chi connectivity index (χ0v) is 37.8. The van der Waals surface area contributed by atoms with Gasteiger partial charge in [0.05, 0.1) is 36.0 Å². The maximum Gasteiger partial charge on any atom is 0.229 e. The number of hydrogen-bond acceptors (Lipinski definition) is 14. The van der Waals surface area contributed by atoms with Crippen molar-refractivity contribution in [2.45, 2.75) is 114 Å². The van der Waals surface area contributed by atoms with E-state index >= 15 is 0 Å². The number of hydrogen-bond donors (Lipinski definition) is 10. The Hall–Kier alpha value is -5.76. The third-order valence-electron chi connectivity index (χ3n) is 13.0. The molecule has 0 amide bonds. The van der Waals surface area contributed by atoms with E-state index < -0.39 is 74.6 Å². The van der Waals surface area contributed by atoms with E-state index in [0.717, 1.165) is 105 Å². The topological polar surface area (TPSA) is 256 Å². The number of aromatic nitrogens is 4. The second-order valence-corrected chi connectivity index (χ2v) is 17.6. The molecule has 0 aliphatic carbocycles. The van der Waals surface area contributed by atoms with Crippen LogP contribution in [0.15, 0.2) is 72.8 Å². The highest BCUT2D eigenvalue weighted by atomic mass is 16.7. The Morgan fingerprint density at radius 2 is 0.838 bits per heavy atom. The standard InChI is InChI=1S/C52H58N4O12/c1-3-5-7-31-33-17-18-34(53-33)32(8-6-4-2)36-20-22-38(55-36)44(28-11-15-30(16-12-28)66-52-50(64)48(62)46(60)42(26-58)68-52)40-24-23-39(56-40)43(37-21-19-35(31)54-37)27-9-13-29(14-10-27)65-51-49(63)47(61)45(59)41(25-57)67-51/h9-24,41-42,45-52,54-55,57-64H,3-8,25-26H2,1-2H3/t41-,42-,45-,46-,47+,48+,49-,50-,51-,52-/m1/s1. The fourth-order valence-electron chi connectivity index (χ4n) is 9.16. The number of nitrogens with one attached hydrogen (secondary N) is 2. The minimum Gasteiger partial charge on any atom is -0.462 e. The van der Waals surface area contributed by atoms with Gasteiger partial charge in [-0.15, -0.1) is 0 Å². The molecule has 3 aromatic heterocycles. The SMILES string of the molecule is CCCCc1c2nc(c(CCCC)c3ccc([nH]3)c(-c3ccc(O[C@@H]4O[C@H](CO)[C@@H](O)[C@H](O)[C@H]4O)cc3)c3nc(c(-c4ccc(O[C@@H]5O[C@H](CO)[C@@H](O)[C@H](O)[C@H]5O)cc4)c4ccc1[nH]4)C=C3)C=C2. The van der Waals surface area contributed by atoms with Crippen molar-refractivity contribution >= 4 is 46.4 Å². The highest BCUT2D eigenvalue weighted by Crippen LogP contribution is 2.37. The largest absolute Gasteiger partial charge is 0.462 e. The summed E-state index contributed by atoms with van der Waals surface area (Å²) in [6.45, 7) is 3.19. The van der Waals surface area contributed by atoms with Gasteiger partial charge in [0.25, 0.3) is 0 Å². The summed E-state index contributed by atoms with van der Waals surface area (Å²) in [7, 11) is 0. The molecule has 10 N–H and O–H groups in total. The summed E-state index contributed by atoms with van der Waals surface area (Å²) in [6.07, 6.45) is -0.583. The zero-order chi connectivity index (χ0) is 47.6. The minimum atomic E-state index is -1.59. The molecule has 68 heavy (non-hydrogen) atoms. The first-order chi connectivity index (χ1) is 33.0. The molecule has 0 radical (unpaired) electrons. The van der Waals surface area contributed by atoms with Gasteiger partial charge >= 0.3 is 0 Å². The number of nitrogens with zero attached hydrogens (tertiary/aromatic N) is 2. The van der Waals surface area contributed by atoms with Gasteiger partial charge in [0.2, 0.25) is 12.6 Å². The molecule has 4 aliphatic rings. The lowest BCUT2D eigenvalue weighted by atomic mass is 9.99. The lowest BCUT2D eigenvalue weighted by Crippen LogP contribution is -2.60. The first-order valence-electron chi connectivity index (χ1n) is 23.3. The molecule has 2 fully saturated rings. The molecular formula is C52H58N4O12. The third kappa shape index (κ3) is 9.37. The Kier molecular flexibility index (Phi) is 14.2. The first-order valence-corrected chi connectivity index (χ1v) is 23.3. The highest BCUT2D eigenvalue weighted by molar-refractivity contribution is 5.96. The molecule has 5 aromatic rings. The fourth-order valence-corrected chi connectivity index (χ4v) is 9.16. The van der Waals surface area contributed by atoms with E-state index in [2.05, 4.69) is 48.1 Å². The number of H-pyrrole nitrogens is 2. The summed E-state index contributed by atoms with van der Waals surface area (Å²) < 4.78 is 23.1. The normalized spacial score (nSPS) is 25.7. The van der Waals surface area contributed by atoms with Crippen LogP contribution in [0.25, 0.3) is 68.6 Å². The van der Waals surface area contributed by atoms with Crippen LogP contribution in [0.4, 0.5) is 0 Å². The number of fused-ring (bicyclic) bond motifs is 8. The molecule has 16 nitrogen and oxygen atoms in total.